The van der Waals surface area contributed by atoms with Gasteiger partial charge in [-0.05, 0) is 48.7 Å². The average molecular weight is 326 g/mol. The lowest BCUT2D eigenvalue weighted by atomic mass is 10.1. The minimum Gasteiger partial charge on any atom is -0.322 e. The zero-order valence-electron chi connectivity index (χ0n) is 11.2. The van der Waals surface area contributed by atoms with Crippen molar-refractivity contribution in [3.63, 3.8) is 0 Å². The van der Waals surface area contributed by atoms with Gasteiger partial charge in [-0.15, -0.1) is 11.6 Å². The molecule has 0 bridgehead atoms. The first kappa shape index (κ1) is 15.8. The molecule has 0 saturated heterocycles. The molecule has 0 atom stereocenters. The van der Waals surface area contributed by atoms with Crippen LogP contribution in [-0.4, -0.2) is 11.8 Å². The SMILES string of the molecule is O=C(Nc1cccc(CCCCl)c1)c1ccc(F)cc1Cl. The summed E-state index contributed by atoms with van der Waals surface area (Å²) in [5.41, 5.74) is 2.01. The second kappa shape index (κ2) is 7.43. The van der Waals surface area contributed by atoms with Crippen molar-refractivity contribution in [2.24, 2.45) is 0 Å². The van der Waals surface area contributed by atoms with Crippen LogP contribution in [-0.2, 0) is 6.42 Å². The van der Waals surface area contributed by atoms with Crippen LogP contribution in [0.25, 0.3) is 0 Å². The molecule has 0 fully saturated rings. The molecule has 1 amide bonds. The quantitative estimate of drug-likeness (QED) is 0.778. The molecule has 0 aliphatic heterocycles. The number of carbonyl (C=O) groups is 1. The van der Waals surface area contributed by atoms with Gasteiger partial charge in [0, 0.05) is 11.6 Å². The minimum atomic E-state index is -0.473. The summed E-state index contributed by atoms with van der Waals surface area (Å²) in [5.74, 6) is -0.240. The highest BCUT2D eigenvalue weighted by molar-refractivity contribution is 6.34. The predicted octanol–water partition coefficient (Wildman–Crippen LogP) is 4.90. The van der Waals surface area contributed by atoms with Crippen LogP contribution in [0, 0.1) is 5.82 Å². The lowest BCUT2D eigenvalue weighted by molar-refractivity contribution is 0.102. The van der Waals surface area contributed by atoms with E-state index in [2.05, 4.69) is 5.32 Å². The van der Waals surface area contributed by atoms with Crippen LogP contribution in [0.2, 0.25) is 5.02 Å². The second-order valence-electron chi connectivity index (χ2n) is 4.57. The van der Waals surface area contributed by atoms with Gasteiger partial charge in [0.1, 0.15) is 5.82 Å². The van der Waals surface area contributed by atoms with Crippen molar-refractivity contribution in [2.75, 3.05) is 11.2 Å². The third-order valence-corrected chi connectivity index (χ3v) is 3.54. The summed E-state index contributed by atoms with van der Waals surface area (Å²) in [6.45, 7) is 0. The second-order valence-corrected chi connectivity index (χ2v) is 5.36. The largest absolute Gasteiger partial charge is 0.322 e. The van der Waals surface area contributed by atoms with E-state index in [9.17, 15) is 9.18 Å². The zero-order chi connectivity index (χ0) is 15.2. The number of benzene rings is 2. The van der Waals surface area contributed by atoms with Crippen molar-refractivity contribution in [3.05, 3.63) is 64.4 Å². The van der Waals surface area contributed by atoms with Gasteiger partial charge in [0.25, 0.3) is 5.91 Å². The van der Waals surface area contributed by atoms with Crippen molar-refractivity contribution >= 4 is 34.8 Å². The first-order chi connectivity index (χ1) is 10.1. The number of carbonyl (C=O) groups excluding carboxylic acids is 1. The highest BCUT2D eigenvalue weighted by Gasteiger charge is 2.11. The summed E-state index contributed by atoms with van der Waals surface area (Å²) in [4.78, 5) is 12.1. The molecular formula is C16H14Cl2FNO. The number of aryl methyl sites for hydroxylation is 1. The third-order valence-electron chi connectivity index (χ3n) is 2.96. The number of rotatable bonds is 5. The Morgan fingerprint density at radius 2 is 2.00 bits per heavy atom. The third kappa shape index (κ3) is 4.45. The van der Waals surface area contributed by atoms with Gasteiger partial charge in [-0.1, -0.05) is 23.7 Å². The van der Waals surface area contributed by atoms with E-state index in [1.807, 2.05) is 18.2 Å². The van der Waals surface area contributed by atoms with Gasteiger partial charge >= 0.3 is 0 Å². The molecule has 5 heteroatoms. The summed E-state index contributed by atoms with van der Waals surface area (Å²) in [5, 5.41) is 2.85. The standard InChI is InChI=1S/C16H14Cl2FNO/c17-8-2-4-11-3-1-5-13(9-11)20-16(21)14-7-6-12(19)10-15(14)18/h1,3,5-7,9-10H,2,4,8H2,(H,20,21). The van der Waals surface area contributed by atoms with Gasteiger partial charge in [0.05, 0.1) is 10.6 Å². The molecule has 2 aromatic rings. The average Bonchev–Trinajstić information content (AvgIpc) is 2.45. The number of hydrogen-bond donors (Lipinski definition) is 1. The Bertz CT molecular complexity index is 646. The van der Waals surface area contributed by atoms with Crippen molar-refractivity contribution in [3.8, 4) is 0 Å². The van der Waals surface area contributed by atoms with Crippen LogP contribution in [0.3, 0.4) is 0 Å². The normalized spacial score (nSPS) is 10.4. The van der Waals surface area contributed by atoms with Crippen LogP contribution in [0.15, 0.2) is 42.5 Å². The van der Waals surface area contributed by atoms with Crippen molar-refractivity contribution in [1.82, 2.24) is 0 Å². The number of alkyl halides is 1. The number of nitrogens with one attached hydrogen (secondary N) is 1. The molecule has 0 spiro atoms. The zero-order valence-corrected chi connectivity index (χ0v) is 12.7. The Morgan fingerprint density at radius 3 is 2.71 bits per heavy atom. The molecule has 2 nitrogen and oxygen atoms in total. The van der Waals surface area contributed by atoms with Crippen LogP contribution >= 0.6 is 23.2 Å². The van der Waals surface area contributed by atoms with E-state index in [4.69, 9.17) is 23.2 Å². The van der Waals surface area contributed by atoms with E-state index in [0.717, 1.165) is 24.5 Å². The molecule has 1 N–H and O–H groups in total. The molecule has 110 valence electrons. The molecule has 0 unspecified atom stereocenters. The number of hydrogen-bond acceptors (Lipinski definition) is 1. The number of halogens is 3. The van der Waals surface area contributed by atoms with Crippen molar-refractivity contribution < 1.29 is 9.18 Å². The van der Waals surface area contributed by atoms with Gasteiger partial charge in [0.2, 0.25) is 0 Å². The van der Waals surface area contributed by atoms with Gasteiger partial charge in [-0.25, -0.2) is 4.39 Å². The van der Waals surface area contributed by atoms with Crippen molar-refractivity contribution in [2.45, 2.75) is 12.8 Å². The maximum absolute atomic E-state index is 13.0. The van der Waals surface area contributed by atoms with Crippen LogP contribution in [0.5, 0.6) is 0 Å². The van der Waals surface area contributed by atoms with Gasteiger partial charge in [-0.3, -0.25) is 4.79 Å². The number of anilines is 1. The first-order valence-electron chi connectivity index (χ1n) is 6.51. The lowest BCUT2D eigenvalue weighted by Crippen LogP contribution is -2.12. The fourth-order valence-electron chi connectivity index (χ4n) is 1.95. The van der Waals surface area contributed by atoms with E-state index in [0.29, 0.717) is 11.6 Å². The summed E-state index contributed by atoms with van der Waals surface area (Å²) in [6, 6.07) is 11.2. The first-order valence-corrected chi connectivity index (χ1v) is 7.42. The molecule has 0 heterocycles. The van der Waals surface area contributed by atoms with E-state index in [1.54, 1.807) is 6.07 Å². The van der Waals surface area contributed by atoms with Crippen molar-refractivity contribution in [1.29, 1.82) is 0 Å². The maximum atomic E-state index is 13.0. The minimum absolute atomic E-state index is 0.0887. The summed E-state index contributed by atoms with van der Waals surface area (Å²) in [7, 11) is 0. The van der Waals surface area contributed by atoms with Gasteiger partial charge < -0.3 is 5.32 Å². The van der Waals surface area contributed by atoms with Gasteiger partial charge in [0.15, 0.2) is 0 Å². The highest BCUT2D eigenvalue weighted by atomic mass is 35.5. The Labute approximate surface area is 132 Å². The molecule has 2 rings (SSSR count). The molecule has 21 heavy (non-hydrogen) atoms. The fraction of sp³-hybridized carbons (Fsp3) is 0.188. The fourth-order valence-corrected chi connectivity index (χ4v) is 2.33. The van der Waals surface area contributed by atoms with Crippen LogP contribution in [0.4, 0.5) is 10.1 Å². The molecule has 2 aromatic carbocycles. The summed E-state index contributed by atoms with van der Waals surface area (Å²) >= 11 is 11.5. The molecule has 0 aliphatic carbocycles. The van der Waals surface area contributed by atoms with E-state index < -0.39 is 5.82 Å². The Kier molecular flexibility index (Phi) is 5.59. The molecule has 0 aliphatic rings. The molecule has 0 saturated carbocycles. The summed E-state index contributed by atoms with van der Waals surface area (Å²) in [6.07, 6.45) is 1.73. The smallest absolute Gasteiger partial charge is 0.257 e. The lowest BCUT2D eigenvalue weighted by Gasteiger charge is -2.08. The van der Waals surface area contributed by atoms with Crippen LogP contribution in [0.1, 0.15) is 22.3 Å². The molecule has 0 aromatic heterocycles. The molecular weight excluding hydrogens is 312 g/mol. The number of amides is 1. The monoisotopic (exact) mass is 325 g/mol. The Balaban J connectivity index is 2.12. The van der Waals surface area contributed by atoms with Gasteiger partial charge in [-0.2, -0.15) is 0 Å². The maximum Gasteiger partial charge on any atom is 0.257 e. The Morgan fingerprint density at radius 1 is 1.19 bits per heavy atom. The Hall–Kier alpha value is -1.58. The van der Waals surface area contributed by atoms with E-state index in [-0.39, 0.29) is 16.5 Å². The van der Waals surface area contributed by atoms with E-state index in [1.165, 1.54) is 12.1 Å². The molecule has 0 radical (unpaired) electrons. The highest BCUT2D eigenvalue weighted by Crippen LogP contribution is 2.19. The predicted molar refractivity (Wildman–Crippen MR) is 84.8 cm³/mol. The van der Waals surface area contributed by atoms with E-state index >= 15 is 0 Å². The summed E-state index contributed by atoms with van der Waals surface area (Å²) < 4.78 is 13.0. The topological polar surface area (TPSA) is 29.1 Å². The van der Waals surface area contributed by atoms with Crippen LogP contribution < -0.4 is 5.32 Å².